The molecule has 1 aliphatic rings. The molecule has 0 bridgehead atoms. The average molecular weight is 306 g/mol. The SMILES string of the molecule is Cc1cccc(N2CCC(c3cc(-c4cc[nH]c4)n[nH]3)CC2)c1. The van der Waals surface area contributed by atoms with Crippen molar-refractivity contribution in [2.45, 2.75) is 25.7 Å². The van der Waals surface area contributed by atoms with Crippen LogP contribution in [0, 0.1) is 6.92 Å². The van der Waals surface area contributed by atoms with Crippen molar-refractivity contribution in [3.63, 3.8) is 0 Å². The summed E-state index contributed by atoms with van der Waals surface area (Å²) in [6.45, 7) is 4.36. The van der Waals surface area contributed by atoms with Crippen molar-refractivity contribution >= 4 is 5.69 Å². The Bertz CT molecular complexity index is 764. The fourth-order valence-corrected chi connectivity index (χ4v) is 3.45. The largest absolute Gasteiger partial charge is 0.371 e. The van der Waals surface area contributed by atoms with Crippen LogP contribution in [0.5, 0.6) is 0 Å². The lowest BCUT2D eigenvalue weighted by molar-refractivity contribution is 0.495. The third-order valence-corrected chi connectivity index (χ3v) is 4.79. The second-order valence-electron chi connectivity index (χ2n) is 6.41. The monoisotopic (exact) mass is 306 g/mol. The number of hydrogen-bond donors (Lipinski definition) is 2. The van der Waals surface area contributed by atoms with Gasteiger partial charge in [-0.1, -0.05) is 12.1 Å². The van der Waals surface area contributed by atoms with Crippen molar-refractivity contribution in [2.24, 2.45) is 0 Å². The number of anilines is 1. The van der Waals surface area contributed by atoms with E-state index in [1.807, 2.05) is 12.4 Å². The highest BCUT2D eigenvalue weighted by Gasteiger charge is 2.22. The fraction of sp³-hybridized carbons (Fsp3) is 0.316. The molecule has 3 aromatic rings. The Morgan fingerprint density at radius 2 is 2.00 bits per heavy atom. The summed E-state index contributed by atoms with van der Waals surface area (Å²) in [6.07, 6.45) is 6.26. The molecule has 2 aromatic heterocycles. The molecular weight excluding hydrogens is 284 g/mol. The molecule has 0 unspecified atom stereocenters. The van der Waals surface area contributed by atoms with Crippen LogP contribution in [0.15, 0.2) is 48.8 Å². The maximum Gasteiger partial charge on any atom is 0.0938 e. The predicted octanol–water partition coefficient (Wildman–Crippen LogP) is 4.10. The maximum atomic E-state index is 4.46. The van der Waals surface area contributed by atoms with Gasteiger partial charge in [0, 0.05) is 48.3 Å². The van der Waals surface area contributed by atoms with Crippen LogP contribution in [-0.4, -0.2) is 28.3 Å². The number of aryl methyl sites for hydroxylation is 1. The molecule has 3 heterocycles. The molecule has 1 saturated heterocycles. The number of hydrogen-bond acceptors (Lipinski definition) is 2. The highest BCUT2D eigenvalue weighted by atomic mass is 15.1. The van der Waals surface area contributed by atoms with Crippen LogP contribution >= 0.6 is 0 Å². The van der Waals surface area contributed by atoms with Gasteiger partial charge in [0.2, 0.25) is 0 Å². The van der Waals surface area contributed by atoms with Crippen LogP contribution in [0.25, 0.3) is 11.3 Å². The van der Waals surface area contributed by atoms with Gasteiger partial charge in [-0.2, -0.15) is 5.10 Å². The highest BCUT2D eigenvalue weighted by molar-refractivity contribution is 5.58. The maximum absolute atomic E-state index is 4.46. The summed E-state index contributed by atoms with van der Waals surface area (Å²) in [7, 11) is 0. The Morgan fingerprint density at radius 1 is 1.13 bits per heavy atom. The van der Waals surface area contributed by atoms with Crippen LogP contribution in [-0.2, 0) is 0 Å². The highest BCUT2D eigenvalue weighted by Crippen LogP contribution is 2.31. The topological polar surface area (TPSA) is 47.7 Å². The van der Waals surface area contributed by atoms with Crippen molar-refractivity contribution in [2.75, 3.05) is 18.0 Å². The molecule has 1 aliphatic heterocycles. The first-order valence-electron chi connectivity index (χ1n) is 8.30. The lowest BCUT2D eigenvalue weighted by atomic mass is 9.93. The van der Waals surface area contributed by atoms with Gasteiger partial charge in [0.05, 0.1) is 5.69 Å². The lowest BCUT2D eigenvalue weighted by Gasteiger charge is -2.33. The molecule has 0 amide bonds. The zero-order valence-electron chi connectivity index (χ0n) is 13.4. The molecular formula is C19H22N4. The quantitative estimate of drug-likeness (QED) is 0.765. The Balaban J connectivity index is 1.44. The number of nitrogens with zero attached hydrogens (tertiary/aromatic N) is 2. The molecule has 4 rings (SSSR count). The predicted molar refractivity (Wildman–Crippen MR) is 93.7 cm³/mol. The summed E-state index contributed by atoms with van der Waals surface area (Å²) in [5.41, 5.74) is 6.12. The molecule has 118 valence electrons. The normalized spacial score (nSPS) is 16.0. The minimum Gasteiger partial charge on any atom is -0.371 e. The first-order chi connectivity index (χ1) is 11.3. The summed E-state index contributed by atoms with van der Waals surface area (Å²) >= 11 is 0. The smallest absolute Gasteiger partial charge is 0.0938 e. The van der Waals surface area contributed by atoms with Crippen molar-refractivity contribution in [3.8, 4) is 11.3 Å². The van der Waals surface area contributed by atoms with Crippen molar-refractivity contribution in [3.05, 3.63) is 60.0 Å². The van der Waals surface area contributed by atoms with Gasteiger partial charge < -0.3 is 9.88 Å². The Hall–Kier alpha value is -2.49. The molecule has 0 spiro atoms. The van der Waals surface area contributed by atoms with Crippen molar-refractivity contribution in [1.82, 2.24) is 15.2 Å². The van der Waals surface area contributed by atoms with E-state index in [-0.39, 0.29) is 0 Å². The van der Waals surface area contributed by atoms with Crippen molar-refractivity contribution < 1.29 is 0 Å². The molecule has 0 atom stereocenters. The summed E-state index contributed by atoms with van der Waals surface area (Å²) in [6, 6.07) is 13.1. The van der Waals surface area contributed by atoms with E-state index in [9.17, 15) is 0 Å². The molecule has 1 aromatic carbocycles. The van der Waals surface area contributed by atoms with E-state index in [0.29, 0.717) is 5.92 Å². The first kappa shape index (κ1) is 14.1. The van der Waals surface area contributed by atoms with Gasteiger partial charge in [-0.05, 0) is 49.6 Å². The third kappa shape index (κ3) is 2.89. The first-order valence-corrected chi connectivity index (χ1v) is 8.30. The molecule has 0 radical (unpaired) electrons. The van der Waals surface area contributed by atoms with Crippen LogP contribution in [0.4, 0.5) is 5.69 Å². The Labute approximate surface area is 136 Å². The van der Waals surface area contributed by atoms with E-state index in [4.69, 9.17) is 0 Å². The lowest BCUT2D eigenvalue weighted by Crippen LogP contribution is -2.32. The summed E-state index contributed by atoms with van der Waals surface area (Å²) in [5, 5.41) is 7.71. The molecule has 23 heavy (non-hydrogen) atoms. The summed E-state index contributed by atoms with van der Waals surface area (Å²) < 4.78 is 0. The molecule has 1 fully saturated rings. The number of nitrogens with one attached hydrogen (secondary N) is 2. The Kier molecular flexibility index (Phi) is 3.66. The average Bonchev–Trinajstić information content (AvgIpc) is 3.26. The number of piperidine rings is 1. The zero-order valence-corrected chi connectivity index (χ0v) is 13.4. The van der Waals surface area contributed by atoms with E-state index >= 15 is 0 Å². The summed E-state index contributed by atoms with van der Waals surface area (Å²) in [4.78, 5) is 5.58. The van der Waals surface area contributed by atoms with Crippen LogP contribution in [0.2, 0.25) is 0 Å². The minimum absolute atomic E-state index is 0.580. The summed E-state index contributed by atoms with van der Waals surface area (Å²) in [5.74, 6) is 0.580. The van der Waals surface area contributed by atoms with Gasteiger partial charge >= 0.3 is 0 Å². The molecule has 0 saturated carbocycles. The second-order valence-corrected chi connectivity index (χ2v) is 6.41. The van der Waals surface area contributed by atoms with E-state index < -0.39 is 0 Å². The van der Waals surface area contributed by atoms with Gasteiger partial charge in [-0.25, -0.2) is 0 Å². The minimum atomic E-state index is 0.580. The fourth-order valence-electron chi connectivity index (χ4n) is 3.45. The van der Waals surface area contributed by atoms with Gasteiger partial charge in [0.25, 0.3) is 0 Å². The molecule has 0 aliphatic carbocycles. The number of rotatable bonds is 3. The van der Waals surface area contributed by atoms with Crippen LogP contribution in [0.1, 0.15) is 30.0 Å². The van der Waals surface area contributed by atoms with Crippen LogP contribution < -0.4 is 4.90 Å². The van der Waals surface area contributed by atoms with Gasteiger partial charge in [0.15, 0.2) is 0 Å². The van der Waals surface area contributed by atoms with Gasteiger partial charge in [-0.15, -0.1) is 0 Å². The standard InChI is InChI=1S/C19H22N4/c1-14-3-2-4-17(11-14)23-9-6-15(7-10-23)18-12-19(22-21-18)16-5-8-20-13-16/h2-5,8,11-13,15,20H,6-7,9-10H2,1H3,(H,21,22). The molecule has 4 nitrogen and oxygen atoms in total. The zero-order chi connectivity index (χ0) is 15.6. The van der Waals surface area contributed by atoms with Crippen molar-refractivity contribution in [1.29, 1.82) is 0 Å². The molecule has 2 N–H and O–H groups in total. The second kappa shape index (κ2) is 5.95. The number of H-pyrrole nitrogens is 2. The van der Waals surface area contributed by atoms with E-state index in [2.05, 4.69) is 63.4 Å². The van der Waals surface area contributed by atoms with Gasteiger partial charge in [0.1, 0.15) is 0 Å². The number of benzene rings is 1. The van der Waals surface area contributed by atoms with E-state index in [1.165, 1.54) is 29.8 Å². The van der Waals surface area contributed by atoms with E-state index in [0.717, 1.165) is 24.3 Å². The number of aromatic nitrogens is 3. The Morgan fingerprint density at radius 3 is 2.74 bits per heavy atom. The number of aromatic amines is 2. The van der Waals surface area contributed by atoms with Gasteiger partial charge in [-0.3, -0.25) is 5.10 Å². The molecule has 4 heteroatoms. The van der Waals surface area contributed by atoms with Crippen LogP contribution in [0.3, 0.4) is 0 Å². The van der Waals surface area contributed by atoms with E-state index in [1.54, 1.807) is 0 Å². The third-order valence-electron chi connectivity index (χ3n) is 4.79.